The lowest BCUT2D eigenvalue weighted by Crippen LogP contribution is -2.54. The summed E-state index contributed by atoms with van der Waals surface area (Å²) in [5, 5.41) is 2.62. The Morgan fingerprint density at radius 3 is 2.36 bits per heavy atom. The predicted octanol–water partition coefficient (Wildman–Crippen LogP) is 5.50. The number of rotatable bonds is 5. The molecule has 33 heavy (non-hydrogen) atoms. The highest BCUT2D eigenvalue weighted by Gasteiger charge is 2.36. The second-order valence-electron chi connectivity index (χ2n) is 7.38. The third kappa shape index (κ3) is 5.26. The van der Waals surface area contributed by atoms with Gasteiger partial charge in [-0.1, -0.05) is 41.9 Å². The number of anilines is 1. The smallest absolute Gasteiger partial charge is 0.335 e. The number of carbonyl (C=O) groups is 3. The van der Waals surface area contributed by atoms with Crippen LogP contribution in [0, 0.1) is 10.5 Å². The fourth-order valence-electron chi connectivity index (χ4n) is 3.19. The van der Waals surface area contributed by atoms with Crippen LogP contribution in [0.4, 0.5) is 10.5 Å². The van der Waals surface area contributed by atoms with Crippen LogP contribution in [0.5, 0.6) is 5.75 Å². The van der Waals surface area contributed by atoms with Gasteiger partial charge in [0.2, 0.25) is 0 Å². The standard InChI is InChI=1S/C25H18ClIN2O4/c1-15-2-9-19(13-22(15)26)29-24(31)21(23(30)28-25(29)32)12-16-5-10-20(11-6-16)33-14-17-3-7-18(27)8-4-17/h2-13H,14H2,1H3,(H,28,30,32)/b21-12-. The second kappa shape index (κ2) is 9.76. The van der Waals surface area contributed by atoms with E-state index in [9.17, 15) is 14.4 Å². The van der Waals surface area contributed by atoms with Crippen LogP contribution >= 0.6 is 34.2 Å². The van der Waals surface area contributed by atoms with Gasteiger partial charge < -0.3 is 4.74 Å². The number of urea groups is 1. The molecule has 0 atom stereocenters. The van der Waals surface area contributed by atoms with E-state index < -0.39 is 17.8 Å². The molecule has 3 aromatic carbocycles. The van der Waals surface area contributed by atoms with E-state index in [0.717, 1.165) is 19.6 Å². The Kier molecular flexibility index (Phi) is 6.80. The van der Waals surface area contributed by atoms with E-state index in [2.05, 4.69) is 27.9 Å². The first-order valence-corrected chi connectivity index (χ1v) is 11.4. The van der Waals surface area contributed by atoms with E-state index >= 15 is 0 Å². The Morgan fingerprint density at radius 2 is 1.70 bits per heavy atom. The first-order chi connectivity index (χ1) is 15.8. The molecule has 0 spiro atoms. The fourth-order valence-corrected chi connectivity index (χ4v) is 3.72. The van der Waals surface area contributed by atoms with Gasteiger partial charge in [-0.05, 0) is 88.7 Å². The van der Waals surface area contributed by atoms with Crippen molar-refractivity contribution in [1.82, 2.24) is 5.32 Å². The SMILES string of the molecule is Cc1ccc(N2C(=O)NC(=O)/C(=C/c3ccc(OCc4ccc(I)cc4)cc3)C2=O)cc1Cl. The van der Waals surface area contributed by atoms with Crippen LogP contribution in [-0.4, -0.2) is 17.8 Å². The lowest BCUT2D eigenvalue weighted by atomic mass is 10.1. The molecule has 0 aromatic heterocycles. The van der Waals surface area contributed by atoms with Gasteiger partial charge in [-0.25, -0.2) is 9.69 Å². The molecule has 0 bridgehead atoms. The zero-order valence-electron chi connectivity index (χ0n) is 17.5. The zero-order valence-corrected chi connectivity index (χ0v) is 20.4. The van der Waals surface area contributed by atoms with E-state index in [0.29, 0.717) is 22.9 Å². The molecular formula is C25H18ClIN2O4. The number of aryl methyl sites for hydroxylation is 1. The maximum atomic E-state index is 13.0. The van der Waals surface area contributed by atoms with Crippen molar-refractivity contribution in [3.63, 3.8) is 0 Å². The van der Waals surface area contributed by atoms with Crippen LogP contribution in [0.1, 0.15) is 16.7 Å². The van der Waals surface area contributed by atoms with Crippen molar-refractivity contribution in [1.29, 1.82) is 0 Å². The Balaban J connectivity index is 1.52. The topological polar surface area (TPSA) is 75.7 Å². The lowest BCUT2D eigenvalue weighted by molar-refractivity contribution is -0.122. The van der Waals surface area contributed by atoms with Gasteiger partial charge in [0.25, 0.3) is 11.8 Å². The number of benzene rings is 3. The summed E-state index contributed by atoms with van der Waals surface area (Å²) in [4.78, 5) is 38.6. The maximum absolute atomic E-state index is 13.0. The number of halogens is 2. The summed E-state index contributed by atoms with van der Waals surface area (Å²) in [7, 11) is 0. The Morgan fingerprint density at radius 1 is 1.00 bits per heavy atom. The van der Waals surface area contributed by atoms with Gasteiger partial charge >= 0.3 is 6.03 Å². The number of nitrogens with one attached hydrogen (secondary N) is 1. The summed E-state index contributed by atoms with van der Waals surface area (Å²) in [6.45, 7) is 2.24. The minimum Gasteiger partial charge on any atom is -0.489 e. The lowest BCUT2D eigenvalue weighted by Gasteiger charge is -2.26. The van der Waals surface area contributed by atoms with Crippen molar-refractivity contribution in [2.24, 2.45) is 0 Å². The van der Waals surface area contributed by atoms with Gasteiger partial charge in [-0.15, -0.1) is 0 Å². The van der Waals surface area contributed by atoms with Crippen molar-refractivity contribution in [3.8, 4) is 5.75 Å². The molecule has 1 N–H and O–H groups in total. The normalized spacial score (nSPS) is 15.1. The first kappa shape index (κ1) is 23.0. The summed E-state index contributed by atoms with van der Waals surface area (Å²) in [5.41, 5.74) is 2.60. The number of hydrogen-bond acceptors (Lipinski definition) is 4. The van der Waals surface area contributed by atoms with Crippen LogP contribution in [0.25, 0.3) is 6.08 Å². The van der Waals surface area contributed by atoms with Crippen molar-refractivity contribution >= 4 is 63.8 Å². The number of hydrogen-bond donors (Lipinski definition) is 1. The van der Waals surface area contributed by atoms with Gasteiger partial charge in [-0.2, -0.15) is 0 Å². The minimum absolute atomic E-state index is 0.154. The van der Waals surface area contributed by atoms with E-state index in [-0.39, 0.29) is 11.3 Å². The summed E-state index contributed by atoms with van der Waals surface area (Å²) < 4.78 is 6.95. The molecular weight excluding hydrogens is 555 g/mol. The zero-order chi connectivity index (χ0) is 23.5. The third-order valence-electron chi connectivity index (χ3n) is 5.03. The molecule has 3 aromatic rings. The molecule has 8 heteroatoms. The van der Waals surface area contributed by atoms with Crippen LogP contribution < -0.4 is 15.0 Å². The average Bonchev–Trinajstić information content (AvgIpc) is 2.79. The largest absolute Gasteiger partial charge is 0.489 e. The Labute approximate surface area is 209 Å². The van der Waals surface area contributed by atoms with E-state index in [4.69, 9.17) is 16.3 Å². The number of barbiturate groups is 1. The summed E-state index contributed by atoms with van der Waals surface area (Å²) in [6.07, 6.45) is 1.44. The van der Waals surface area contributed by atoms with Gasteiger partial charge in [0, 0.05) is 8.59 Å². The van der Waals surface area contributed by atoms with Crippen LogP contribution in [0.2, 0.25) is 5.02 Å². The molecule has 1 saturated heterocycles. The summed E-state index contributed by atoms with van der Waals surface area (Å²) in [6, 6.07) is 19.0. The molecule has 1 heterocycles. The van der Waals surface area contributed by atoms with Crippen LogP contribution in [-0.2, 0) is 16.2 Å². The molecule has 1 aliphatic rings. The highest BCUT2D eigenvalue weighted by Crippen LogP contribution is 2.27. The number of nitrogens with zero attached hydrogens (tertiary/aromatic N) is 1. The molecule has 0 saturated carbocycles. The molecule has 4 amide bonds. The molecule has 0 radical (unpaired) electrons. The highest BCUT2D eigenvalue weighted by atomic mass is 127. The van der Waals surface area contributed by atoms with Crippen LogP contribution in [0.3, 0.4) is 0 Å². The third-order valence-corrected chi connectivity index (χ3v) is 6.15. The minimum atomic E-state index is -0.818. The number of imide groups is 2. The van der Waals surface area contributed by atoms with Gasteiger partial charge in [0.15, 0.2) is 0 Å². The number of ether oxygens (including phenoxy) is 1. The van der Waals surface area contributed by atoms with Crippen molar-refractivity contribution in [2.45, 2.75) is 13.5 Å². The van der Waals surface area contributed by atoms with Gasteiger partial charge in [0.05, 0.1) is 5.69 Å². The van der Waals surface area contributed by atoms with E-state index in [1.54, 1.807) is 36.4 Å². The second-order valence-corrected chi connectivity index (χ2v) is 9.03. The number of amides is 4. The Hall–Kier alpha value is -3.17. The molecule has 4 rings (SSSR count). The van der Waals surface area contributed by atoms with E-state index in [1.807, 2.05) is 31.2 Å². The molecule has 1 aliphatic heterocycles. The molecule has 0 unspecified atom stereocenters. The molecule has 1 fully saturated rings. The molecule has 6 nitrogen and oxygen atoms in total. The highest BCUT2D eigenvalue weighted by molar-refractivity contribution is 14.1. The first-order valence-electron chi connectivity index (χ1n) is 9.97. The maximum Gasteiger partial charge on any atom is 0.335 e. The molecule has 0 aliphatic carbocycles. The Bertz CT molecular complexity index is 1270. The summed E-state index contributed by atoms with van der Waals surface area (Å²) >= 11 is 8.39. The quantitative estimate of drug-likeness (QED) is 0.249. The van der Waals surface area contributed by atoms with Gasteiger partial charge in [0.1, 0.15) is 17.9 Å². The summed E-state index contributed by atoms with van der Waals surface area (Å²) in [5.74, 6) is -0.817. The van der Waals surface area contributed by atoms with Crippen LogP contribution in [0.15, 0.2) is 72.3 Å². The van der Waals surface area contributed by atoms with E-state index in [1.165, 1.54) is 12.1 Å². The number of carbonyl (C=O) groups excluding carboxylic acids is 3. The fraction of sp³-hybridized carbons (Fsp3) is 0.0800. The van der Waals surface area contributed by atoms with Crippen molar-refractivity contribution < 1.29 is 19.1 Å². The van der Waals surface area contributed by atoms with Gasteiger partial charge in [-0.3, -0.25) is 14.9 Å². The van der Waals surface area contributed by atoms with Crippen molar-refractivity contribution in [3.05, 3.63) is 97.6 Å². The average molecular weight is 573 g/mol. The molecule has 166 valence electrons. The monoisotopic (exact) mass is 572 g/mol. The predicted molar refractivity (Wildman–Crippen MR) is 135 cm³/mol. The van der Waals surface area contributed by atoms with Crippen molar-refractivity contribution in [2.75, 3.05) is 4.90 Å².